The maximum atomic E-state index is 12.3. The number of hydrogen-bond acceptors (Lipinski definition) is 6. The van der Waals surface area contributed by atoms with E-state index < -0.39 is 6.09 Å². The summed E-state index contributed by atoms with van der Waals surface area (Å²) < 4.78 is 5.34. The summed E-state index contributed by atoms with van der Waals surface area (Å²) in [7, 11) is 0. The number of amides is 2. The lowest BCUT2D eigenvalue weighted by Crippen LogP contribution is -2.46. The predicted molar refractivity (Wildman–Crippen MR) is 113 cm³/mol. The van der Waals surface area contributed by atoms with Gasteiger partial charge in [-0.2, -0.15) is 20.7 Å². The van der Waals surface area contributed by atoms with Crippen LogP contribution in [-0.4, -0.2) is 51.4 Å². The largest absolute Gasteiger partial charge is 0.445 e. The summed E-state index contributed by atoms with van der Waals surface area (Å²) in [5, 5.41) is 22.8. The first-order valence-corrected chi connectivity index (χ1v) is 10.7. The molecule has 0 aliphatic carbocycles. The average Bonchev–Trinajstić information content (AvgIpc) is 3.28. The second-order valence-corrected chi connectivity index (χ2v) is 8.03. The first-order valence-electron chi connectivity index (χ1n) is 9.90. The minimum absolute atomic E-state index is 0.00237. The highest BCUT2D eigenvalue weighted by Gasteiger charge is 2.24. The van der Waals surface area contributed by atoms with Gasteiger partial charge < -0.3 is 15.0 Å². The van der Waals surface area contributed by atoms with Gasteiger partial charge in [0.2, 0.25) is 5.91 Å². The Morgan fingerprint density at radius 1 is 1.32 bits per heavy atom. The number of ether oxygens (including phenoxy) is 1. The Hall–Kier alpha value is -2.83. The van der Waals surface area contributed by atoms with Gasteiger partial charge in [0.15, 0.2) is 0 Å². The van der Waals surface area contributed by atoms with Crippen molar-refractivity contribution >= 4 is 35.2 Å². The molecular weight excluding hydrogens is 443 g/mol. The fourth-order valence-electron chi connectivity index (χ4n) is 3.33. The van der Waals surface area contributed by atoms with Crippen molar-refractivity contribution in [2.75, 3.05) is 13.1 Å². The molecule has 11 heteroatoms. The topological polar surface area (TPSA) is 124 Å². The van der Waals surface area contributed by atoms with Gasteiger partial charge in [-0.05, 0) is 43.4 Å². The second-order valence-electron chi connectivity index (χ2n) is 7.25. The number of nitriles is 1. The zero-order chi connectivity index (χ0) is 22.2. The Balaban J connectivity index is 1.37. The number of rotatable bonds is 7. The van der Waals surface area contributed by atoms with E-state index in [1.807, 2.05) is 6.07 Å². The molecule has 1 aromatic heterocycles. The lowest BCUT2D eigenvalue weighted by atomic mass is 10.0. The lowest BCUT2D eigenvalue weighted by molar-refractivity contribution is -0.122. The molecule has 9 nitrogen and oxygen atoms in total. The van der Waals surface area contributed by atoms with Crippen molar-refractivity contribution in [2.45, 2.75) is 44.8 Å². The number of carbonyl (C=O) groups is 2. The molecule has 2 amide bonds. The van der Waals surface area contributed by atoms with Crippen molar-refractivity contribution in [3.8, 4) is 6.07 Å². The molecule has 0 saturated carbocycles. The van der Waals surface area contributed by atoms with Crippen molar-refractivity contribution < 1.29 is 14.3 Å². The van der Waals surface area contributed by atoms with E-state index in [1.165, 1.54) is 0 Å². The molecule has 3 rings (SSSR count). The number of hydrogen-bond donors (Lipinski definition) is 2. The molecular formula is C20H22Cl2N6O3. The maximum Gasteiger partial charge on any atom is 0.410 e. The van der Waals surface area contributed by atoms with E-state index in [4.69, 9.17) is 33.2 Å². The Morgan fingerprint density at radius 3 is 2.77 bits per heavy atom. The van der Waals surface area contributed by atoms with Crippen LogP contribution in [0.4, 0.5) is 4.79 Å². The molecule has 0 spiro atoms. The van der Waals surface area contributed by atoms with Gasteiger partial charge in [-0.25, -0.2) is 4.79 Å². The van der Waals surface area contributed by atoms with Crippen LogP contribution < -0.4 is 5.32 Å². The number of likely N-dealkylation sites (tertiary alicyclic amines) is 1. The molecule has 2 aromatic rings. The van der Waals surface area contributed by atoms with Crippen LogP contribution in [0.3, 0.4) is 0 Å². The van der Waals surface area contributed by atoms with Crippen LogP contribution in [0.15, 0.2) is 18.3 Å². The Morgan fingerprint density at radius 2 is 2.10 bits per heavy atom. The number of nitrogens with zero attached hydrogens (tertiary/aromatic N) is 4. The number of aromatic amines is 1. The molecule has 1 fully saturated rings. The summed E-state index contributed by atoms with van der Waals surface area (Å²) in [6.07, 6.45) is 4.35. The number of benzene rings is 1. The third kappa shape index (κ3) is 6.57. The van der Waals surface area contributed by atoms with Gasteiger partial charge in [-0.3, -0.25) is 4.79 Å². The molecule has 31 heavy (non-hydrogen) atoms. The normalized spacial score (nSPS) is 14.2. The van der Waals surface area contributed by atoms with Gasteiger partial charge >= 0.3 is 6.09 Å². The number of H-pyrrole nitrogens is 1. The molecule has 1 saturated heterocycles. The highest BCUT2D eigenvalue weighted by Crippen LogP contribution is 2.27. The van der Waals surface area contributed by atoms with Gasteiger partial charge in [0.25, 0.3) is 0 Å². The summed E-state index contributed by atoms with van der Waals surface area (Å²) in [4.78, 5) is 26.1. The Bertz CT molecular complexity index is 953. The summed E-state index contributed by atoms with van der Waals surface area (Å²) in [5.74, 6) is -0.00237. The molecule has 2 N–H and O–H groups in total. The molecule has 0 unspecified atom stereocenters. The fraction of sp³-hybridized carbons (Fsp3) is 0.450. The van der Waals surface area contributed by atoms with Crippen LogP contribution in [0.25, 0.3) is 0 Å². The van der Waals surface area contributed by atoms with Crippen molar-refractivity contribution in [3.05, 3.63) is 45.2 Å². The SMILES string of the molecule is N#Cc1cc(COC(=O)N2CCC(NC(=O)CCCc3cn[nH]n3)CC2)cc(Cl)c1Cl. The molecule has 0 bridgehead atoms. The van der Waals surface area contributed by atoms with Crippen LogP contribution in [0.2, 0.25) is 10.0 Å². The van der Waals surface area contributed by atoms with E-state index >= 15 is 0 Å². The lowest BCUT2D eigenvalue weighted by Gasteiger charge is -2.31. The first kappa shape index (κ1) is 22.8. The van der Waals surface area contributed by atoms with E-state index in [9.17, 15) is 9.59 Å². The van der Waals surface area contributed by atoms with Crippen molar-refractivity contribution in [1.82, 2.24) is 25.6 Å². The number of piperidine rings is 1. The molecule has 1 aliphatic heterocycles. The number of aryl methyl sites for hydroxylation is 1. The number of halogens is 2. The van der Waals surface area contributed by atoms with Crippen LogP contribution in [0, 0.1) is 11.3 Å². The van der Waals surface area contributed by atoms with E-state index in [-0.39, 0.29) is 34.2 Å². The minimum atomic E-state index is -0.443. The summed E-state index contributed by atoms with van der Waals surface area (Å²) >= 11 is 11.9. The number of nitrogens with one attached hydrogen (secondary N) is 2. The van der Waals surface area contributed by atoms with Crippen molar-refractivity contribution in [1.29, 1.82) is 5.26 Å². The van der Waals surface area contributed by atoms with Gasteiger partial charge in [-0.1, -0.05) is 23.2 Å². The van der Waals surface area contributed by atoms with E-state index in [0.717, 1.165) is 5.69 Å². The Labute approximate surface area is 189 Å². The molecule has 1 aliphatic rings. The quantitative estimate of drug-likeness (QED) is 0.647. The summed E-state index contributed by atoms with van der Waals surface area (Å²) in [6.45, 7) is 0.980. The third-order valence-electron chi connectivity index (χ3n) is 4.99. The smallest absolute Gasteiger partial charge is 0.410 e. The van der Waals surface area contributed by atoms with E-state index in [2.05, 4.69) is 20.7 Å². The zero-order valence-electron chi connectivity index (χ0n) is 16.7. The fourth-order valence-corrected chi connectivity index (χ4v) is 3.72. The van der Waals surface area contributed by atoms with Gasteiger partial charge in [0.1, 0.15) is 12.7 Å². The van der Waals surface area contributed by atoms with Gasteiger partial charge in [-0.15, -0.1) is 0 Å². The molecule has 164 valence electrons. The van der Waals surface area contributed by atoms with Crippen molar-refractivity contribution in [2.24, 2.45) is 0 Å². The Kier molecular flexibility index (Phi) is 8.09. The standard InChI is InChI=1S/C20H22Cl2N6O3/c21-17-9-13(8-14(10-23)19(17)22)12-31-20(30)28-6-4-15(5-7-28)25-18(29)3-1-2-16-11-24-27-26-16/h8-9,11,15H,1-7,12H2,(H,25,29)(H,24,26,27). The highest BCUT2D eigenvalue weighted by molar-refractivity contribution is 6.42. The molecule has 0 radical (unpaired) electrons. The van der Waals surface area contributed by atoms with Crippen molar-refractivity contribution in [3.63, 3.8) is 0 Å². The van der Waals surface area contributed by atoms with Gasteiger partial charge in [0, 0.05) is 25.6 Å². The van der Waals surface area contributed by atoms with E-state index in [0.29, 0.717) is 50.8 Å². The molecule has 1 aromatic carbocycles. The molecule has 2 heterocycles. The third-order valence-corrected chi connectivity index (χ3v) is 5.79. The number of aromatic nitrogens is 3. The highest BCUT2D eigenvalue weighted by atomic mass is 35.5. The summed E-state index contributed by atoms with van der Waals surface area (Å²) in [5.41, 5.74) is 1.66. The van der Waals surface area contributed by atoms with Crippen LogP contribution in [0.1, 0.15) is 42.5 Å². The van der Waals surface area contributed by atoms with E-state index in [1.54, 1.807) is 23.2 Å². The maximum absolute atomic E-state index is 12.3. The monoisotopic (exact) mass is 464 g/mol. The van der Waals surface area contributed by atoms with Crippen LogP contribution >= 0.6 is 23.2 Å². The predicted octanol–water partition coefficient (Wildman–Crippen LogP) is 3.22. The average molecular weight is 465 g/mol. The zero-order valence-corrected chi connectivity index (χ0v) is 18.2. The second kappa shape index (κ2) is 11.0. The first-order chi connectivity index (χ1) is 15.0. The van der Waals surface area contributed by atoms with Crippen LogP contribution in [0.5, 0.6) is 0 Å². The molecule has 0 atom stereocenters. The number of carbonyl (C=O) groups excluding carboxylic acids is 2. The minimum Gasteiger partial charge on any atom is -0.445 e. The van der Waals surface area contributed by atoms with Gasteiger partial charge in [0.05, 0.1) is 27.5 Å². The summed E-state index contributed by atoms with van der Waals surface area (Å²) in [6, 6.07) is 5.12. The van der Waals surface area contributed by atoms with Crippen LogP contribution in [-0.2, 0) is 22.6 Å².